The lowest BCUT2D eigenvalue weighted by atomic mass is 10.0. The van der Waals surface area contributed by atoms with Gasteiger partial charge in [-0.1, -0.05) is 34.1 Å². The number of hydrogen-bond acceptors (Lipinski definition) is 3. The summed E-state index contributed by atoms with van der Waals surface area (Å²) in [5.74, 6) is 0.0699. The standard InChI is InChI=1S/C15H9Br2NOS/c16-8-13(19)10-7-12(14-5-6-15(17)20-14)18-11-4-2-1-3-9(10)11/h1-7H,8H2. The van der Waals surface area contributed by atoms with Gasteiger partial charge >= 0.3 is 0 Å². The van der Waals surface area contributed by atoms with Gasteiger partial charge in [-0.2, -0.15) is 0 Å². The van der Waals surface area contributed by atoms with Crippen molar-refractivity contribution in [2.24, 2.45) is 0 Å². The Hall–Kier alpha value is -1.04. The van der Waals surface area contributed by atoms with Crippen molar-refractivity contribution in [2.75, 3.05) is 5.33 Å². The molecule has 1 aromatic carbocycles. The van der Waals surface area contributed by atoms with Crippen LogP contribution >= 0.6 is 43.2 Å². The van der Waals surface area contributed by atoms with E-state index in [0.717, 1.165) is 25.3 Å². The SMILES string of the molecule is O=C(CBr)c1cc(-c2ccc(Br)s2)nc2ccccc12. The first kappa shape index (κ1) is 13.9. The van der Waals surface area contributed by atoms with Crippen molar-refractivity contribution in [3.8, 4) is 10.6 Å². The minimum absolute atomic E-state index is 0.0699. The number of ketones is 1. The lowest BCUT2D eigenvalue weighted by Crippen LogP contribution is -2.02. The summed E-state index contributed by atoms with van der Waals surface area (Å²) in [4.78, 5) is 17.8. The predicted molar refractivity (Wildman–Crippen MR) is 90.9 cm³/mol. The number of nitrogens with zero attached hydrogens (tertiary/aromatic N) is 1. The summed E-state index contributed by atoms with van der Waals surface area (Å²) >= 11 is 8.31. The average molecular weight is 411 g/mol. The van der Waals surface area contributed by atoms with Crippen LogP contribution in [0.3, 0.4) is 0 Å². The van der Waals surface area contributed by atoms with E-state index in [1.54, 1.807) is 11.3 Å². The second-order valence-electron chi connectivity index (χ2n) is 4.23. The number of hydrogen-bond donors (Lipinski definition) is 0. The molecule has 0 radical (unpaired) electrons. The zero-order valence-electron chi connectivity index (χ0n) is 10.3. The number of carbonyl (C=O) groups is 1. The van der Waals surface area contributed by atoms with Crippen molar-refractivity contribution >= 4 is 59.9 Å². The summed E-state index contributed by atoms with van der Waals surface area (Å²) in [6.07, 6.45) is 0. The third-order valence-electron chi connectivity index (χ3n) is 2.96. The van der Waals surface area contributed by atoms with E-state index in [4.69, 9.17) is 0 Å². The highest BCUT2D eigenvalue weighted by Gasteiger charge is 2.13. The van der Waals surface area contributed by atoms with Crippen molar-refractivity contribution in [3.63, 3.8) is 0 Å². The van der Waals surface area contributed by atoms with Crippen LogP contribution in [0.1, 0.15) is 10.4 Å². The topological polar surface area (TPSA) is 30.0 Å². The van der Waals surface area contributed by atoms with Crippen molar-refractivity contribution < 1.29 is 4.79 Å². The highest BCUT2D eigenvalue weighted by Crippen LogP contribution is 2.32. The van der Waals surface area contributed by atoms with E-state index in [9.17, 15) is 4.79 Å². The van der Waals surface area contributed by atoms with Crippen molar-refractivity contribution in [3.05, 3.63) is 51.8 Å². The van der Waals surface area contributed by atoms with Crippen LogP contribution in [-0.2, 0) is 0 Å². The van der Waals surface area contributed by atoms with Crippen LogP contribution in [-0.4, -0.2) is 16.1 Å². The molecule has 100 valence electrons. The molecule has 3 rings (SSSR count). The molecule has 0 amide bonds. The minimum Gasteiger partial charge on any atom is -0.293 e. The summed E-state index contributed by atoms with van der Waals surface area (Å²) < 4.78 is 1.05. The Kier molecular flexibility index (Phi) is 4.01. The molecule has 2 heterocycles. The maximum atomic E-state index is 12.1. The predicted octanol–water partition coefficient (Wildman–Crippen LogP) is 5.30. The Labute approximate surface area is 137 Å². The molecule has 0 saturated carbocycles. The number of alkyl halides is 1. The average Bonchev–Trinajstić information content (AvgIpc) is 2.92. The number of thiophene rings is 1. The maximum Gasteiger partial charge on any atom is 0.174 e. The van der Waals surface area contributed by atoms with E-state index < -0.39 is 0 Å². The summed E-state index contributed by atoms with van der Waals surface area (Å²) in [5, 5.41) is 1.21. The van der Waals surface area contributed by atoms with Crippen LogP contribution in [0.2, 0.25) is 0 Å². The number of aromatic nitrogens is 1. The molecule has 0 saturated heterocycles. The number of rotatable bonds is 3. The molecule has 0 aliphatic rings. The van der Waals surface area contributed by atoms with Crippen LogP contribution in [0.15, 0.2) is 46.3 Å². The minimum atomic E-state index is 0.0699. The van der Waals surface area contributed by atoms with Gasteiger partial charge in [0.25, 0.3) is 0 Å². The first-order chi connectivity index (χ1) is 9.69. The third kappa shape index (κ3) is 2.57. The van der Waals surface area contributed by atoms with E-state index in [-0.39, 0.29) is 5.78 Å². The van der Waals surface area contributed by atoms with Gasteiger partial charge in [0.2, 0.25) is 0 Å². The van der Waals surface area contributed by atoms with E-state index in [1.165, 1.54) is 0 Å². The van der Waals surface area contributed by atoms with E-state index >= 15 is 0 Å². The lowest BCUT2D eigenvalue weighted by Gasteiger charge is -2.07. The number of benzene rings is 1. The van der Waals surface area contributed by atoms with Gasteiger partial charge in [0.1, 0.15) is 0 Å². The van der Waals surface area contributed by atoms with Gasteiger partial charge in [-0.3, -0.25) is 4.79 Å². The van der Waals surface area contributed by atoms with Gasteiger partial charge in [0.05, 0.1) is 25.2 Å². The molecule has 0 aliphatic carbocycles. The lowest BCUT2D eigenvalue weighted by molar-refractivity contribution is 0.102. The summed E-state index contributed by atoms with van der Waals surface area (Å²) in [6.45, 7) is 0. The molecule has 0 fully saturated rings. The summed E-state index contributed by atoms with van der Waals surface area (Å²) in [5.41, 5.74) is 2.40. The second-order valence-corrected chi connectivity index (χ2v) is 7.26. The number of carbonyl (C=O) groups excluding carboxylic acids is 1. The fraction of sp³-hybridized carbons (Fsp3) is 0.0667. The molecule has 0 atom stereocenters. The van der Waals surface area contributed by atoms with E-state index in [0.29, 0.717) is 10.9 Å². The number of para-hydroxylation sites is 1. The Bertz CT molecular complexity index is 797. The number of halogens is 2. The van der Waals surface area contributed by atoms with Gasteiger partial charge in [0, 0.05) is 10.9 Å². The van der Waals surface area contributed by atoms with Gasteiger partial charge < -0.3 is 0 Å². The molecule has 20 heavy (non-hydrogen) atoms. The van der Waals surface area contributed by atoms with Crippen molar-refractivity contribution in [1.82, 2.24) is 4.98 Å². The molecule has 2 aromatic heterocycles. The summed E-state index contributed by atoms with van der Waals surface area (Å²) in [7, 11) is 0. The number of pyridine rings is 1. The van der Waals surface area contributed by atoms with Gasteiger partial charge in [-0.15, -0.1) is 11.3 Å². The Morgan fingerprint density at radius 2 is 2.00 bits per heavy atom. The van der Waals surface area contributed by atoms with Gasteiger partial charge in [0.15, 0.2) is 5.78 Å². The molecular formula is C15H9Br2NOS. The Morgan fingerprint density at radius 1 is 1.20 bits per heavy atom. The van der Waals surface area contributed by atoms with Gasteiger partial charge in [-0.05, 0) is 40.2 Å². The van der Waals surface area contributed by atoms with E-state index in [1.807, 2.05) is 42.5 Å². The molecule has 0 aliphatic heterocycles. The zero-order chi connectivity index (χ0) is 14.1. The van der Waals surface area contributed by atoms with Crippen LogP contribution in [0.4, 0.5) is 0 Å². The largest absolute Gasteiger partial charge is 0.293 e. The van der Waals surface area contributed by atoms with Gasteiger partial charge in [-0.25, -0.2) is 4.98 Å². The van der Waals surface area contributed by atoms with Crippen molar-refractivity contribution in [2.45, 2.75) is 0 Å². The van der Waals surface area contributed by atoms with Crippen LogP contribution in [0.25, 0.3) is 21.5 Å². The molecular weight excluding hydrogens is 402 g/mol. The monoisotopic (exact) mass is 409 g/mol. The van der Waals surface area contributed by atoms with Crippen LogP contribution in [0, 0.1) is 0 Å². The normalized spacial score (nSPS) is 10.9. The third-order valence-corrected chi connectivity index (χ3v) is 5.12. The molecule has 0 spiro atoms. The first-order valence-electron chi connectivity index (χ1n) is 5.93. The number of Topliss-reactive ketones (excluding diaryl/α,β-unsaturated/α-hetero) is 1. The first-order valence-corrected chi connectivity index (χ1v) is 8.67. The molecule has 5 heteroatoms. The fourth-order valence-corrected chi connectivity index (χ4v) is 3.71. The zero-order valence-corrected chi connectivity index (χ0v) is 14.3. The van der Waals surface area contributed by atoms with Crippen LogP contribution < -0.4 is 0 Å². The van der Waals surface area contributed by atoms with Crippen LogP contribution in [0.5, 0.6) is 0 Å². The molecule has 2 nitrogen and oxygen atoms in total. The second kappa shape index (κ2) is 5.76. The quantitative estimate of drug-likeness (QED) is 0.433. The highest BCUT2D eigenvalue weighted by molar-refractivity contribution is 9.11. The van der Waals surface area contributed by atoms with Crippen molar-refractivity contribution in [1.29, 1.82) is 0 Å². The Balaban J connectivity index is 2.27. The number of fused-ring (bicyclic) bond motifs is 1. The maximum absolute atomic E-state index is 12.1. The Morgan fingerprint density at radius 3 is 2.70 bits per heavy atom. The summed E-state index contributed by atoms with van der Waals surface area (Å²) in [6, 6.07) is 13.6. The van der Waals surface area contributed by atoms with E-state index in [2.05, 4.69) is 36.8 Å². The molecule has 3 aromatic rings. The fourth-order valence-electron chi connectivity index (χ4n) is 2.06. The smallest absolute Gasteiger partial charge is 0.174 e. The molecule has 0 bridgehead atoms. The molecule has 0 N–H and O–H groups in total. The molecule has 0 unspecified atom stereocenters. The highest BCUT2D eigenvalue weighted by atomic mass is 79.9.